The molecule has 0 fully saturated rings. The van der Waals surface area contributed by atoms with E-state index in [0.29, 0.717) is 17.8 Å². The van der Waals surface area contributed by atoms with Crippen LogP contribution in [0.1, 0.15) is 22.3 Å². The van der Waals surface area contributed by atoms with Crippen LogP contribution in [0.2, 0.25) is 0 Å². The summed E-state index contributed by atoms with van der Waals surface area (Å²) in [4.78, 5) is 49.8. The summed E-state index contributed by atoms with van der Waals surface area (Å²) in [5.41, 5.74) is 5.16. The zero-order chi connectivity index (χ0) is 20.7. The molecule has 6 nitrogen and oxygen atoms in total. The SMILES string of the molecule is Cc1cc(N2C(=O)C=CC2=O)ccc1Cc1ccc(N2C(=O)C=CC2=O)cc1C. The highest BCUT2D eigenvalue weighted by Crippen LogP contribution is 2.27. The van der Waals surface area contributed by atoms with E-state index in [4.69, 9.17) is 0 Å². The number of carbonyl (C=O) groups excluding carboxylic acids is 4. The molecule has 4 amide bonds. The number of carbonyl (C=O) groups is 4. The minimum absolute atomic E-state index is 0.339. The number of imide groups is 2. The van der Waals surface area contributed by atoms with Crippen molar-refractivity contribution >= 4 is 35.0 Å². The van der Waals surface area contributed by atoms with Crippen LogP contribution in [0.4, 0.5) is 11.4 Å². The average molecular weight is 386 g/mol. The van der Waals surface area contributed by atoms with Gasteiger partial charge in [-0.15, -0.1) is 0 Å². The Balaban J connectivity index is 1.57. The molecule has 2 aliphatic rings. The van der Waals surface area contributed by atoms with Crippen molar-refractivity contribution in [3.05, 3.63) is 83.0 Å². The molecule has 0 radical (unpaired) electrons. The van der Waals surface area contributed by atoms with Crippen molar-refractivity contribution in [1.29, 1.82) is 0 Å². The third-order valence-corrected chi connectivity index (χ3v) is 5.17. The molecule has 29 heavy (non-hydrogen) atoms. The van der Waals surface area contributed by atoms with Crippen LogP contribution in [0, 0.1) is 13.8 Å². The molecule has 6 heteroatoms. The lowest BCUT2D eigenvalue weighted by atomic mass is 9.96. The van der Waals surface area contributed by atoms with E-state index in [1.54, 1.807) is 12.1 Å². The summed E-state index contributed by atoms with van der Waals surface area (Å²) >= 11 is 0. The van der Waals surface area contributed by atoms with E-state index in [0.717, 1.165) is 32.1 Å². The van der Waals surface area contributed by atoms with Gasteiger partial charge in [0.2, 0.25) is 0 Å². The normalized spacial score (nSPS) is 15.9. The Bertz CT molecular complexity index is 1020. The van der Waals surface area contributed by atoms with E-state index >= 15 is 0 Å². The van der Waals surface area contributed by atoms with Gasteiger partial charge in [0.1, 0.15) is 0 Å². The van der Waals surface area contributed by atoms with E-state index in [9.17, 15) is 19.2 Å². The summed E-state index contributed by atoms with van der Waals surface area (Å²) in [5.74, 6) is -1.36. The first-order valence-corrected chi connectivity index (χ1v) is 9.16. The smallest absolute Gasteiger partial charge is 0.258 e. The number of amides is 4. The number of rotatable bonds is 4. The molecule has 0 aromatic heterocycles. The second-order valence-electron chi connectivity index (χ2n) is 7.09. The Morgan fingerprint density at radius 3 is 1.24 bits per heavy atom. The standard InChI is InChI=1S/C23H18N2O4/c1-14-11-18(24-20(26)7-8-21(24)27)5-3-16(14)13-17-4-6-19(12-15(17)2)25-22(28)9-10-23(25)29/h3-12H,13H2,1-2H3. The van der Waals surface area contributed by atoms with Crippen LogP contribution in [0.15, 0.2) is 60.7 Å². The number of hydrogen-bond acceptors (Lipinski definition) is 4. The predicted octanol–water partition coefficient (Wildman–Crippen LogP) is 2.75. The van der Waals surface area contributed by atoms with Gasteiger partial charge in [-0.25, -0.2) is 9.80 Å². The van der Waals surface area contributed by atoms with Gasteiger partial charge >= 0.3 is 0 Å². The predicted molar refractivity (Wildman–Crippen MR) is 108 cm³/mol. The van der Waals surface area contributed by atoms with Crippen molar-refractivity contribution in [3.63, 3.8) is 0 Å². The quantitative estimate of drug-likeness (QED) is 0.758. The molecule has 0 bridgehead atoms. The molecule has 2 aliphatic heterocycles. The van der Waals surface area contributed by atoms with Gasteiger partial charge in [-0.3, -0.25) is 19.2 Å². The largest absolute Gasteiger partial charge is 0.269 e. The molecule has 0 atom stereocenters. The number of aryl methyl sites for hydroxylation is 2. The van der Waals surface area contributed by atoms with Gasteiger partial charge < -0.3 is 0 Å². The van der Waals surface area contributed by atoms with Crippen molar-refractivity contribution in [2.75, 3.05) is 9.80 Å². The molecule has 2 aromatic rings. The van der Waals surface area contributed by atoms with E-state index in [1.807, 2.05) is 38.1 Å². The van der Waals surface area contributed by atoms with Crippen molar-refractivity contribution < 1.29 is 19.2 Å². The van der Waals surface area contributed by atoms with E-state index in [1.165, 1.54) is 24.3 Å². The van der Waals surface area contributed by atoms with Gasteiger partial charge in [0.25, 0.3) is 23.6 Å². The van der Waals surface area contributed by atoms with E-state index in [2.05, 4.69) is 0 Å². The molecule has 0 aliphatic carbocycles. The molecule has 0 saturated heterocycles. The number of nitrogens with zero attached hydrogens (tertiary/aromatic N) is 2. The Kier molecular flexibility index (Phi) is 4.47. The number of benzene rings is 2. The van der Waals surface area contributed by atoms with E-state index < -0.39 is 0 Å². The Morgan fingerprint density at radius 2 is 0.931 bits per heavy atom. The third-order valence-electron chi connectivity index (χ3n) is 5.17. The number of hydrogen-bond donors (Lipinski definition) is 0. The molecule has 4 rings (SSSR count). The topological polar surface area (TPSA) is 74.8 Å². The van der Waals surface area contributed by atoms with Crippen molar-refractivity contribution in [2.45, 2.75) is 20.3 Å². The summed E-state index contributed by atoms with van der Waals surface area (Å²) in [6.07, 6.45) is 5.71. The second-order valence-corrected chi connectivity index (χ2v) is 7.09. The van der Waals surface area contributed by atoms with Crippen LogP contribution >= 0.6 is 0 Å². The Hall–Kier alpha value is -3.80. The maximum absolute atomic E-state index is 11.9. The van der Waals surface area contributed by atoms with Crippen LogP contribution in [-0.2, 0) is 25.6 Å². The van der Waals surface area contributed by atoms with Gasteiger partial charge in [-0.1, -0.05) is 12.1 Å². The fraction of sp³-hybridized carbons (Fsp3) is 0.130. The Labute approximate surface area is 167 Å². The minimum atomic E-state index is -0.339. The second kappa shape index (κ2) is 6.98. The van der Waals surface area contributed by atoms with Crippen LogP contribution in [0.25, 0.3) is 0 Å². The highest BCUT2D eigenvalue weighted by Gasteiger charge is 2.26. The Morgan fingerprint density at radius 1 is 0.586 bits per heavy atom. The summed E-state index contributed by atoms with van der Waals surface area (Å²) in [6.45, 7) is 3.88. The number of anilines is 2. The maximum atomic E-state index is 11.9. The van der Waals surface area contributed by atoms with Gasteiger partial charge in [0.05, 0.1) is 11.4 Å². The molecular weight excluding hydrogens is 368 g/mol. The average Bonchev–Trinajstić information content (AvgIpc) is 3.19. The lowest BCUT2D eigenvalue weighted by Gasteiger charge is -2.18. The van der Waals surface area contributed by atoms with Gasteiger partial charge in [0.15, 0.2) is 0 Å². The molecular formula is C23H18N2O4. The molecule has 0 saturated carbocycles. The molecule has 144 valence electrons. The van der Waals surface area contributed by atoms with Crippen LogP contribution in [0.3, 0.4) is 0 Å². The zero-order valence-electron chi connectivity index (χ0n) is 16.0. The summed E-state index contributed by atoms with van der Waals surface area (Å²) in [5, 5.41) is 0. The fourth-order valence-corrected chi connectivity index (χ4v) is 3.55. The van der Waals surface area contributed by atoms with Crippen molar-refractivity contribution in [3.8, 4) is 0 Å². The molecule has 0 spiro atoms. The van der Waals surface area contributed by atoms with Crippen LogP contribution in [0.5, 0.6) is 0 Å². The summed E-state index contributed by atoms with van der Waals surface area (Å²) in [7, 11) is 0. The zero-order valence-corrected chi connectivity index (χ0v) is 16.0. The molecule has 0 N–H and O–H groups in total. The van der Waals surface area contributed by atoms with Gasteiger partial charge in [-0.2, -0.15) is 0 Å². The first-order chi connectivity index (χ1) is 13.8. The van der Waals surface area contributed by atoms with Crippen LogP contribution < -0.4 is 9.80 Å². The monoisotopic (exact) mass is 386 g/mol. The van der Waals surface area contributed by atoms with Gasteiger partial charge in [0, 0.05) is 24.3 Å². The summed E-state index contributed by atoms with van der Waals surface area (Å²) in [6, 6.07) is 11.0. The van der Waals surface area contributed by atoms with Gasteiger partial charge in [-0.05, 0) is 66.8 Å². The van der Waals surface area contributed by atoms with Crippen LogP contribution in [-0.4, -0.2) is 23.6 Å². The third kappa shape index (κ3) is 3.29. The van der Waals surface area contributed by atoms with Crippen molar-refractivity contribution in [2.24, 2.45) is 0 Å². The minimum Gasteiger partial charge on any atom is -0.269 e. The molecule has 0 unspecified atom stereocenters. The lowest BCUT2D eigenvalue weighted by Crippen LogP contribution is -2.29. The highest BCUT2D eigenvalue weighted by molar-refractivity contribution is 6.28. The molecule has 2 heterocycles. The lowest BCUT2D eigenvalue weighted by molar-refractivity contribution is -0.121. The first-order valence-electron chi connectivity index (χ1n) is 9.16. The maximum Gasteiger partial charge on any atom is 0.258 e. The van der Waals surface area contributed by atoms with E-state index in [-0.39, 0.29) is 23.6 Å². The first kappa shape index (κ1) is 18.6. The highest BCUT2D eigenvalue weighted by atomic mass is 16.2. The fourth-order valence-electron chi connectivity index (χ4n) is 3.55. The molecule has 2 aromatic carbocycles. The van der Waals surface area contributed by atoms with Crippen molar-refractivity contribution in [1.82, 2.24) is 0 Å². The summed E-state index contributed by atoms with van der Waals surface area (Å²) < 4.78 is 0.